The number of nitrogens with one attached hydrogen (secondary N) is 1. The maximum Gasteiger partial charge on any atom is 0.266 e. The third-order valence-electron chi connectivity index (χ3n) is 3.45. The van der Waals surface area contributed by atoms with Crippen molar-refractivity contribution >= 4 is 45.2 Å². The molecule has 0 aromatic heterocycles. The molecule has 0 spiro atoms. The first-order valence-corrected chi connectivity index (χ1v) is 8.85. The number of carbonyl (C=O) groups excluding carboxylic acids is 1. The van der Waals surface area contributed by atoms with E-state index >= 15 is 0 Å². The molecule has 0 saturated heterocycles. The minimum absolute atomic E-state index is 0.0640. The van der Waals surface area contributed by atoms with E-state index in [-0.39, 0.29) is 5.57 Å². The van der Waals surface area contributed by atoms with Crippen LogP contribution >= 0.6 is 27.5 Å². The number of halogens is 2. The summed E-state index contributed by atoms with van der Waals surface area (Å²) in [4.78, 5) is 12.5. The van der Waals surface area contributed by atoms with E-state index in [0.29, 0.717) is 28.6 Å². The number of anilines is 1. The summed E-state index contributed by atoms with van der Waals surface area (Å²) >= 11 is 9.51. The van der Waals surface area contributed by atoms with Crippen LogP contribution < -0.4 is 10.1 Å². The first-order chi connectivity index (χ1) is 12.5. The molecule has 0 aliphatic heterocycles. The number of rotatable bonds is 6. The molecule has 6 heteroatoms. The van der Waals surface area contributed by atoms with Crippen molar-refractivity contribution in [2.45, 2.75) is 6.92 Å². The van der Waals surface area contributed by atoms with E-state index in [0.717, 1.165) is 10.0 Å². The second-order valence-corrected chi connectivity index (χ2v) is 6.66. The highest BCUT2D eigenvalue weighted by atomic mass is 79.9. The van der Waals surface area contributed by atoms with Gasteiger partial charge in [-0.15, -0.1) is 0 Å². The van der Waals surface area contributed by atoms with E-state index < -0.39 is 5.91 Å². The molecule has 1 amide bonds. The Kier molecular flexibility index (Phi) is 7.02. The predicted molar refractivity (Wildman–Crippen MR) is 108 cm³/mol. The maximum absolute atomic E-state index is 12.5. The van der Waals surface area contributed by atoms with E-state index in [1.807, 2.05) is 25.1 Å². The van der Waals surface area contributed by atoms with Crippen molar-refractivity contribution in [3.05, 3.63) is 75.2 Å². The first-order valence-electron chi connectivity index (χ1n) is 7.67. The van der Waals surface area contributed by atoms with Crippen LogP contribution in [0, 0.1) is 18.3 Å². The number of ether oxygens (including phenoxy) is 1. The first kappa shape index (κ1) is 19.8. The number of benzene rings is 2. The fourth-order valence-electron chi connectivity index (χ4n) is 2.19. The van der Waals surface area contributed by atoms with Crippen LogP contribution in [0.1, 0.15) is 11.1 Å². The van der Waals surface area contributed by atoms with Gasteiger partial charge in [0.15, 0.2) is 0 Å². The normalized spacial score (nSPS) is 10.8. The highest BCUT2D eigenvalue weighted by Gasteiger charge is 2.14. The molecule has 1 N–H and O–H groups in total. The van der Waals surface area contributed by atoms with E-state index in [4.69, 9.17) is 16.3 Å². The Morgan fingerprint density at radius 2 is 2.19 bits per heavy atom. The second kappa shape index (κ2) is 9.23. The zero-order chi connectivity index (χ0) is 19.1. The highest BCUT2D eigenvalue weighted by Crippen LogP contribution is 2.28. The zero-order valence-electron chi connectivity index (χ0n) is 14.1. The van der Waals surface area contributed by atoms with Gasteiger partial charge in [-0.1, -0.05) is 52.3 Å². The average molecular weight is 432 g/mol. The lowest BCUT2D eigenvalue weighted by atomic mass is 10.1. The van der Waals surface area contributed by atoms with Gasteiger partial charge >= 0.3 is 0 Å². The summed E-state index contributed by atoms with van der Waals surface area (Å²) < 4.78 is 6.38. The lowest BCUT2D eigenvalue weighted by molar-refractivity contribution is -0.112. The monoisotopic (exact) mass is 430 g/mol. The number of amides is 1. The van der Waals surface area contributed by atoms with Crippen LogP contribution in [0.5, 0.6) is 5.75 Å². The molecule has 0 fully saturated rings. The van der Waals surface area contributed by atoms with Crippen molar-refractivity contribution in [1.82, 2.24) is 0 Å². The standard InChI is InChI=1S/C20H16BrClN2O2/c1-3-9-26-18-8-7-16(21)11-14(18)10-15(12-23)20(25)24-19-13(2)5-4-6-17(19)22/h3-8,10-11H,1,9H2,2H3,(H,24,25)/b15-10+. The Balaban J connectivity index is 2.36. The van der Waals surface area contributed by atoms with Gasteiger partial charge in [-0.2, -0.15) is 5.26 Å². The number of nitrogens with zero attached hydrogens (tertiary/aromatic N) is 1. The van der Waals surface area contributed by atoms with Crippen LogP contribution in [0.15, 0.2) is 59.1 Å². The lowest BCUT2D eigenvalue weighted by Gasteiger charge is -2.11. The van der Waals surface area contributed by atoms with Gasteiger partial charge in [-0.3, -0.25) is 4.79 Å². The van der Waals surface area contributed by atoms with Crippen molar-refractivity contribution in [3.63, 3.8) is 0 Å². The smallest absolute Gasteiger partial charge is 0.266 e. The quantitative estimate of drug-likeness (QED) is 0.372. The fraction of sp³-hybridized carbons (Fsp3) is 0.100. The number of hydrogen-bond donors (Lipinski definition) is 1. The van der Waals surface area contributed by atoms with Crippen LogP contribution in [0.4, 0.5) is 5.69 Å². The van der Waals surface area contributed by atoms with Gasteiger partial charge in [-0.05, 0) is 42.8 Å². The summed E-state index contributed by atoms with van der Waals surface area (Å²) in [6.45, 7) is 5.75. The van der Waals surface area contributed by atoms with Crippen LogP contribution in [0.2, 0.25) is 5.02 Å². The van der Waals surface area contributed by atoms with Gasteiger partial charge in [0.2, 0.25) is 0 Å². The minimum atomic E-state index is -0.543. The molecule has 0 heterocycles. The van der Waals surface area contributed by atoms with E-state index in [1.54, 1.807) is 30.3 Å². The van der Waals surface area contributed by atoms with Gasteiger partial charge in [-0.25, -0.2) is 0 Å². The molecule has 132 valence electrons. The van der Waals surface area contributed by atoms with Gasteiger partial charge < -0.3 is 10.1 Å². The third kappa shape index (κ3) is 4.98. The largest absolute Gasteiger partial charge is 0.489 e. The molecule has 2 rings (SSSR count). The van der Waals surface area contributed by atoms with E-state index in [1.165, 1.54) is 6.08 Å². The molecule has 0 saturated carbocycles. The SMILES string of the molecule is C=CCOc1ccc(Br)cc1/C=C(\C#N)C(=O)Nc1c(C)cccc1Cl. The number of para-hydroxylation sites is 1. The molecule has 0 aliphatic carbocycles. The van der Waals surface area contributed by atoms with Gasteiger partial charge in [0.05, 0.1) is 10.7 Å². The number of hydrogen-bond acceptors (Lipinski definition) is 3. The molecule has 0 atom stereocenters. The van der Waals surface area contributed by atoms with Crippen LogP contribution in [-0.4, -0.2) is 12.5 Å². The summed E-state index contributed by atoms with van der Waals surface area (Å²) in [5, 5.41) is 12.5. The summed E-state index contributed by atoms with van der Waals surface area (Å²) in [5.41, 5.74) is 1.83. The van der Waals surface area contributed by atoms with Crippen molar-refractivity contribution in [2.75, 3.05) is 11.9 Å². The molecule has 0 unspecified atom stereocenters. The summed E-state index contributed by atoms with van der Waals surface area (Å²) in [7, 11) is 0. The summed E-state index contributed by atoms with van der Waals surface area (Å²) in [5.74, 6) is 0.000852. The van der Waals surface area contributed by atoms with Crippen molar-refractivity contribution < 1.29 is 9.53 Å². The summed E-state index contributed by atoms with van der Waals surface area (Å²) in [6, 6.07) is 12.6. The zero-order valence-corrected chi connectivity index (χ0v) is 16.4. The van der Waals surface area contributed by atoms with Crippen LogP contribution in [0.3, 0.4) is 0 Å². The molecular weight excluding hydrogens is 416 g/mol. The Morgan fingerprint density at radius 3 is 2.85 bits per heavy atom. The Bertz CT molecular complexity index is 896. The Morgan fingerprint density at radius 1 is 1.42 bits per heavy atom. The molecule has 0 bridgehead atoms. The van der Waals surface area contributed by atoms with Gasteiger partial charge in [0.1, 0.15) is 24.0 Å². The van der Waals surface area contributed by atoms with Crippen molar-refractivity contribution in [3.8, 4) is 11.8 Å². The fourth-order valence-corrected chi connectivity index (χ4v) is 2.84. The molecular formula is C20H16BrClN2O2. The molecule has 2 aromatic rings. The topological polar surface area (TPSA) is 62.1 Å². The van der Waals surface area contributed by atoms with Crippen molar-refractivity contribution in [2.24, 2.45) is 0 Å². The van der Waals surface area contributed by atoms with Crippen LogP contribution in [0.25, 0.3) is 6.08 Å². The number of aryl methyl sites for hydroxylation is 1. The molecule has 0 radical (unpaired) electrons. The predicted octanol–water partition coefficient (Wildman–Crippen LogP) is 5.52. The lowest BCUT2D eigenvalue weighted by Crippen LogP contribution is -2.14. The summed E-state index contributed by atoms with van der Waals surface area (Å²) in [6.07, 6.45) is 3.10. The molecule has 4 nitrogen and oxygen atoms in total. The number of nitriles is 1. The Labute approximate surface area is 165 Å². The van der Waals surface area contributed by atoms with Gasteiger partial charge in [0, 0.05) is 10.0 Å². The second-order valence-electron chi connectivity index (χ2n) is 5.34. The van der Waals surface area contributed by atoms with Gasteiger partial charge in [0.25, 0.3) is 5.91 Å². The minimum Gasteiger partial charge on any atom is -0.489 e. The molecule has 26 heavy (non-hydrogen) atoms. The molecule has 2 aromatic carbocycles. The van der Waals surface area contributed by atoms with E-state index in [2.05, 4.69) is 27.8 Å². The number of carbonyl (C=O) groups is 1. The van der Waals surface area contributed by atoms with Crippen molar-refractivity contribution in [1.29, 1.82) is 5.26 Å². The maximum atomic E-state index is 12.5. The van der Waals surface area contributed by atoms with Crippen LogP contribution in [-0.2, 0) is 4.79 Å². The average Bonchev–Trinajstić information content (AvgIpc) is 2.62. The molecule has 0 aliphatic rings. The van der Waals surface area contributed by atoms with E-state index in [9.17, 15) is 10.1 Å². The Hall–Kier alpha value is -2.55. The highest BCUT2D eigenvalue weighted by molar-refractivity contribution is 9.10. The third-order valence-corrected chi connectivity index (χ3v) is 4.26.